The Bertz CT molecular complexity index is 1160. The lowest BCUT2D eigenvalue weighted by Crippen LogP contribution is -2.40. The molecule has 7 nitrogen and oxygen atoms in total. The fraction of sp³-hybridized carbons (Fsp3) is 0.381. The number of aryl methyl sites for hydroxylation is 1. The van der Waals surface area contributed by atoms with Crippen LogP contribution >= 0.6 is 0 Å². The summed E-state index contributed by atoms with van der Waals surface area (Å²) >= 11 is 0. The highest BCUT2D eigenvalue weighted by Gasteiger charge is 2.22. The zero-order chi connectivity index (χ0) is 22.1. The summed E-state index contributed by atoms with van der Waals surface area (Å²) in [6.45, 7) is 3.87. The maximum Gasteiger partial charge on any atom is 0.275 e. The SMILES string of the molecule is C[C@@H](Nc1ncnc2c1cc(N1CCOCC1)c(=O)n2C)c1cccc(C(F)F)c1F. The average molecular weight is 433 g/mol. The quantitative estimate of drug-likeness (QED) is 0.665. The Labute approximate surface area is 176 Å². The van der Waals surface area contributed by atoms with Crippen molar-refractivity contribution in [3.8, 4) is 0 Å². The third kappa shape index (κ3) is 3.95. The summed E-state index contributed by atoms with van der Waals surface area (Å²) in [5.74, 6) is -0.568. The van der Waals surface area contributed by atoms with Gasteiger partial charge in [-0.15, -0.1) is 0 Å². The van der Waals surface area contributed by atoms with Gasteiger partial charge in [-0.1, -0.05) is 18.2 Å². The molecule has 0 radical (unpaired) electrons. The van der Waals surface area contributed by atoms with Crippen LogP contribution in [0.4, 0.5) is 24.7 Å². The Hall–Kier alpha value is -3.14. The van der Waals surface area contributed by atoms with Gasteiger partial charge in [0.25, 0.3) is 12.0 Å². The molecular weight excluding hydrogens is 411 g/mol. The lowest BCUT2D eigenvalue weighted by Gasteiger charge is -2.28. The van der Waals surface area contributed by atoms with Gasteiger partial charge >= 0.3 is 0 Å². The van der Waals surface area contributed by atoms with Crippen LogP contribution in [0, 0.1) is 5.82 Å². The first-order valence-electron chi connectivity index (χ1n) is 9.89. The van der Waals surface area contributed by atoms with Gasteiger partial charge in [0.1, 0.15) is 29.3 Å². The minimum Gasteiger partial charge on any atom is -0.378 e. The van der Waals surface area contributed by atoms with Gasteiger partial charge in [0.15, 0.2) is 0 Å². The fourth-order valence-electron chi connectivity index (χ4n) is 3.75. The van der Waals surface area contributed by atoms with Gasteiger partial charge in [-0.3, -0.25) is 9.36 Å². The van der Waals surface area contributed by atoms with Crippen molar-refractivity contribution in [3.05, 3.63) is 57.9 Å². The molecule has 1 saturated heterocycles. The molecule has 1 aliphatic rings. The fourth-order valence-corrected chi connectivity index (χ4v) is 3.75. The number of hydrogen-bond acceptors (Lipinski definition) is 6. The number of rotatable bonds is 5. The standard InChI is InChI=1S/C21H22F3N5O2/c1-12(13-4-3-5-14(17(13)22)18(23)24)27-19-15-10-16(29-6-8-31-9-7-29)21(30)28(2)20(15)26-11-25-19/h3-5,10-12,18H,6-9H2,1-2H3,(H,25,26,27)/t12-/m1/s1. The molecular formula is C21H22F3N5O2. The number of morpholine rings is 1. The van der Waals surface area contributed by atoms with Gasteiger partial charge in [0.05, 0.1) is 30.2 Å². The molecule has 1 aromatic carbocycles. The lowest BCUT2D eigenvalue weighted by molar-refractivity contribution is 0.122. The van der Waals surface area contributed by atoms with E-state index in [1.54, 1.807) is 20.0 Å². The minimum absolute atomic E-state index is 0.0998. The number of hydrogen-bond donors (Lipinski definition) is 1. The number of pyridine rings is 1. The van der Waals surface area contributed by atoms with E-state index in [0.29, 0.717) is 48.8 Å². The molecule has 3 aromatic rings. The second-order valence-electron chi connectivity index (χ2n) is 7.37. The predicted octanol–water partition coefficient (Wildman–Crippen LogP) is 3.41. The number of alkyl halides is 2. The molecule has 3 heterocycles. The van der Waals surface area contributed by atoms with Crippen LogP contribution in [0.5, 0.6) is 0 Å². The second-order valence-corrected chi connectivity index (χ2v) is 7.37. The molecule has 31 heavy (non-hydrogen) atoms. The summed E-state index contributed by atoms with van der Waals surface area (Å²) in [6, 6.07) is 4.99. The highest BCUT2D eigenvalue weighted by atomic mass is 19.3. The van der Waals surface area contributed by atoms with Crippen LogP contribution in [-0.2, 0) is 11.8 Å². The van der Waals surface area contributed by atoms with Crippen LogP contribution in [0.2, 0.25) is 0 Å². The van der Waals surface area contributed by atoms with Crippen LogP contribution < -0.4 is 15.8 Å². The van der Waals surface area contributed by atoms with Crippen molar-refractivity contribution >= 4 is 22.5 Å². The van der Waals surface area contributed by atoms with Gasteiger partial charge < -0.3 is 15.0 Å². The topological polar surface area (TPSA) is 72.3 Å². The number of nitrogens with zero attached hydrogens (tertiary/aromatic N) is 4. The third-order valence-corrected chi connectivity index (χ3v) is 5.45. The Balaban J connectivity index is 1.75. The Morgan fingerprint density at radius 2 is 1.87 bits per heavy atom. The van der Waals surface area contributed by atoms with Gasteiger partial charge in [0, 0.05) is 25.7 Å². The average Bonchev–Trinajstić information content (AvgIpc) is 2.77. The van der Waals surface area contributed by atoms with Crippen molar-refractivity contribution in [2.24, 2.45) is 7.05 Å². The summed E-state index contributed by atoms with van der Waals surface area (Å²) in [6.07, 6.45) is -1.60. The third-order valence-electron chi connectivity index (χ3n) is 5.45. The van der Waals surface area contributed by atoms with E-state index < -0.39 is 23.8 Å². The Morgan fingerprint density at radius 1 is 1.16 bits per heavy atom. The summed E-state index contributed by atoms with van der Waals surface area (Å²) in [7, 11) is 1.63. The summed E-state index contributed by atoms with van der Waals surface area (Å²) in [5.41, 5.74) is 0.171. The van der Waals surface area contributed by atoms with Crippen LogP contribution in [0.1, 0.15) is 30.5 Å². The van der Waals surface area contributed by atoms with Crippen LogP contribution in [-0.4, -0.2) is 40.8 Å². The van der Waals surface area contributed by atoms with Crippen molar-refractivity contribution in [3.63, 3.8) is 0 Å². The van der Waals surface area contributed by atoms with Gasteiger partial charge in [-0.05, 0) is 13.0 Å². The van der Waals surface area contributed by atoms with E-state index in [4.69, 9.17) is 4.74 Å². The van der Waals surface area contributed by atoms with E-state index >= 15 is 0 Å². The van der Waals surface area contributed by atoms with Gasteiger partial charge in [-0.2, -0.15) is 0 Å². The monoisotopic (exact) mass is 433 g/mol. The molecule has 4 rings (SSSR count). The number of nitrogens with one attached hydrogen (secondary N) is 1. The first-order valence-corrected chi connectivity index (χ1v) is 9.89. The van der Waals surface area contributed by atoms with Crippen LogP contribution in [0.25, 0.3) is 11.0 Å². The molecule has 0 amide bonds. The molecule has 0 bridgehead atoms. The van der Waals surface area contributed by atoms with Gasteiger partial charge in [-0.25, -0.2) is 23.1 Å². The van der Waals surface area contributed by atoms with E-state index in [0.717, 1.165) is 6.07 Å². The number of anilines is 2. The van der Waals surface area contributed by atoms with Crippen LogP contribution in [0.15, 0.2) is 35.4 Å². The summed E-state index contributed by atoms with van der Waals surface area (Å²) in [5, 5.41) is 3.66. The Morgan fingerprint density at radius 3 is 2.58 bits per heavy atom. The minimum atomic E-state index is -2.90. The molecule has 0 aliphatic carbocycles. The molecule has 164 valence electrons. The zero-order valence-electron chi connectivity index (χ0n) is 17.1. The molecule has 0 saturated carbocycles. The molecule has 1 fully saturated rings. The van der Waals surface area contributed by atoms with E-state index in [1.807, 2.05) is 4.90 Å². The van der Waals surface area contributed by atoms with Crippen molar-refractivity contribution in [2.45, 2.75) is 19.4 Å². The summed E-state index contributed by atoms with van der Waals surface area (Å²) < 4.78 is 47.6. The van der Waals surface area contributed by atoms with Crippen molar-refractivity contribution in [2.75, 3.05) is 36.5 Å². The molecule has 1 aliphatic heterocycles. The normalized spacial score (nSPS) is 15.5. The molecule has 2 aromatic heterocycles. The number of halogens is 3. The molecule has 0 spiro atoms. The van der Waals surface area contributed by atoms with E-state index in [1.165, 1.54) is 23.0 Å². The molecule has 1 N–H and O–H groups in total. The summed E-state index contributed by atoms with van der Waals surface area (Å²) in [4.78, 5) is 23.3. The first kappa shape index (κ1) is 21.1. The first-order chi connectivity index (χ1) is 14.9. The maximum absolute atomic E-state index is 14.6. The molecule has 0 unspecified atom stereocenters. The van der Waals surface area contributed by atoms with Gasteiger partial charge in [0.2, 0.25) is 0 Å². The number of fused-ring (bicyclic) bond motifs is 1. The van der Waals surface area contributed by atoms with E-state index in [9.17, 15) is 18.0 Å². The highest BCUT2D eigenvalue weighted by molar-refractivity contribution is 5.89. The van der Waals surface area contributed by atoms with Crippen molar-refractivity contribution in [1.29, 1.82) is 0 Å². The predicted molar refractivity (Wildman–Crippen MR) is 111 cm³/mol. The largest absolute Gasteiger partial charge is 0.378 e. The molecule has 10 heteroatoms. The number of benzene rings is 1. The molecule has 1 atom stereocenters. The zero-order valence-corrected chi connectivity index (χ0v) is 17.1. The van der Waals surface area contributed by atoms with Crippen molar-refractivity contribution in [1.82, 2.24) is 14.5 Å². The second kappa shape index (κ2) is 8.54. The number of aromatic nitrogens is 3. The Kier molecular flexibility index (Phi) is 5.81. The smallest absolute Gasteiger partial charge is 0.275 e. The number of ether oxygens (including phenoxy) is 1. The highest BCUT2D eigenvalue weighted by Crippen LogP contribution is 2.30. The maximum atomic E-state index is 14.6. The van der Waals surface area contributed by atoms with E-state index in [-0.39, 0.29) is 11.1 Å². The van der Waals surface area contributed by atoms with Crippen LogP contribution in [0.3, 0.4) is 0 Å². The van der Waals surface area contributed by atoms with Crippen molar-refractivity contribution < 1.29 is 17.9 Å². The van der Waals surface area contributed by atoms with E-state index in [2.05, 4.69) is 15.3 Å². The lowest BCUT2D eigenvalue weighted by atomic mass is 10.0.